The van der Waals surface area contributed by atoms with Crippen molar-refractivity contribution in [2.75, 3.05) is 12.4 Å². The number of aliphatic hydroxyl groups excluding tert-OH is 1. The fourth-order valence-electron chi connectivity index (χ4n) is 2.07. The van der Waals surface area contributed by atoms with Crippen molar-refractivity contribution in [3.63, 3.8) is 0 Å². The number of nitrogens with one attached hydrogen (secondary N) is 1. The average Bonchev–Trinajstić information content (AvgIpc) is 2.54. The average molecular weight is 297 g/mol. The van der Waals surface area contributed by atoms with E-state index in [0.29, 0.717) is 5.69 Å². The van der Waals surface area contributed by atoms with Crippen LogP contribution in [0.1, 0.15) is 18.1 Å². The Morgan fingerprint density at radius 1 is 1.23 bits per heavy atom. The summed E-state index contributed by atoms with van der Waals surface area (Å²) in [5, 5.41) is 11.9. The Labute approximate surface area is 130 Å². The number of ether oxygens (including phenoxy) is 1. The van der Waals surface area contributed by atoms with Crippen molar-refractivity contribution in [1.29, 1.82) is 0 Å². The van der Waals surface area contributed by atoms with Crippen molar-refractivity contribution in [2.45, 2.75) is 13.5 Å². The lowest BCUT2D eigenvalue weighted by atomic mass is 10.1. The van der Waals surface area contributed by atoms with Gasteiger partial charge in [-0.1, -0.05) is 24.3 Å². The first-order valence-corrected chi connectivity index (χ1v) is 6.96. The summed E-state index contributed by atoms with van der Waals surface area (Å²) in [5.41, 5.74) is 3.19. The van der Waals surface area contributed by atoms with Crippen LogP contribution in [0.3, 0.4) is 0 Å². The molecule has 0 saturated heterocycles. The number of hydrogen-bond donors (Lipinski definition) is 2. The topological polar surface area (TPSA) is 58.6 Å². The molecule has 0 bridgehead atoms. The van der Waals surface area contributed by atoms with Crippen molar-refractivity contribution < 1.29 is 14.6 Å². The van der Waals surface area contributed by atoms with Gasteiger partial charge in [-0.25, -0.2) is 0 Å². The minimum Gasteiger partial charge on any atom is -0.497 e. The number of benzene rings is 2. The molecule has 0 atom stereocenters. The standard InChI is InChI=1S/C18H19NO3/c1-13(15-6-4-8-17(11-15)22-2)9-18(21)19-16-7-3-5-14(10-16)12-20/h3-11,20H,12H2,1-2H3,(H,19,21)/b13-9+. The monoisotopic (exact) mass is 297 g/mol. The van der Waals surface area contributed by atoms with Crippen molar-refractivity contribution in [2.24, 2.45) is 0 Å². The molecular formula is C18H19NO3. The first-order valence-electron chi connectivity index (χ1n) is 6.96. The normalized spacial score (nSPS) is 11.1. The maximum Gasteiger partial charge on any atom is 0.248 e. The Kier molecular flexibility index (Phi) is 5.33. The van der Waals surface area contributed by atoms with Crippen LogP contribution in [-0.4, -0.2) is 18.1 Å². The Morgan fingerprint density at radius 3 is 2.73 bits per heavy atom. The molecule has 114 valence electrons. The fraction of sp³-hybridized carbons (Fsp3) is 0.167. The highest BCUT2D eigenvalue weighted by molar-refractivity contribution is 6.03. The summed E-state index contributed by atoms with van der Waals surface area (Å²) in [4.78, 5) is 12.1. The van der Waals surface area contributed by atoms with Crippen LogP contribution >= 0.6 is 0 Å². The van der Waals surface area contributed by atoms with Gasteiger partial charge in [0.1, 0.15) is 5.75 Å². The van der Waals surface area contributed by atoms with Crippen molar-refractivity contribution in [1.82, 2.24) is 0 Å². The summed E-state index contributed by atoms with van der Waals surface area (Å²) in [6, 6.07) is 14.7. The molecule has 0 fully saturated rings. The summed E-state index contributed by atoms with van der Waals surface area (Å²) in [6.07, 6.45) is 1.54. The SMILES string of the molecule is COc1cccc(/C(C)=C/C(=O)Nc2cccc(CO)c2)c1. The van der Waals surface area contributed by atoms with Crippen LogP contribution in [0.4, 0.5) is 5.69 Å². The first kappa shape index (κ1) is 15.8. The van der Waals surface area contributed by atoms with E-state index in [0.717, 1.165) is 22.4 Å². The number of hydrogen-bond acceptors (Lipinski definition) is 3. The number of rotatable bonds is 5. The molecule has 2 aromatic carbocycles. The van der Waals surface area contributed by atoms with E-state index in [9.17, 15) is 4.79 Å². The maximum atomic E-state index is 12.1. The van der Waals surface area contributed by atoms with Crippen molar-refractivity contribution >= 4 is 17.2 Å². The molecular weight excluding hydrogens is 278 g/mol. The molecule has 0 unspecified atom stereocenters. The molecule has 2 rings (SSSR count). The molecule has 0 heterocycles. The van der Waals surface area contributed by atoms with E-state index in [4.69, 9.17) is 9.84 Å². The quantitative estimate of drug-likeness (QED) is 0.833. The van der Waals surface area contributed by atoms with Gasteiger partial charge in [0, 0.05) is 11.8 Å². The summed E-state index contributed by atoms with van der Waals surface area (Å²) in [6.45, 7) is 1.82. The number of carbonyl (C=O) groups is 1. The lowest BCUT2D eigenvalue weighted by Gasteiger charge is -2.07. The number of allylic oxidation sites excluding steroid dienone is 1. The summed E-state index contributed by atoms with van der Waals surface area (Å²) in [5.74, 6) is 0.539. The molecule has 0 spiro atoms. The van der Waals surface area contributed by atoms with Gasteiger partial charge in [0.25, 0.3) is 0 Å². The van der Waals surface area contributed by atoms with Crippen LogP contribution in [0.15, 0.2) is 54.6 Å². The third-order valence-electron chi connectivity index (χ3n) is 3.25. The number of aliphatic hydroxyl groups is 1. The second-order valence-corrected chi connectivity index (χ2v) is 4.91. The van der Waals surface area contributed by atoms with Crippen LogP contribution in [0.2, 0.25) is 0 Å². The zero-order valence-electron chi connectivity index (χ0n) is 12.7. The van der Waals surface area contributed by atoms with Crippen LogP contribution < -0.4 is 10.1 Å². The Balaban J connectivity index is 2.11. The largest absolute Gasteiger partial charge is 0.497 e. The molecule has 1 amide bonds. The third-order valence-corrected chi connectivity index (χ3v) is 3.25. The van der Waals surface area contributed by atoms with Gasteiger partial charge >= 0.3 is 0 Å². The van der Waals surface area contributed by atoms with Crippen LogP contribution in [0.5, 0.6) is 5.75 Å². The molecule has 0 aliphatic carbocycles. The van der Waals surface area contributed by atoms with Crippen molar-refractivity contribution in [3.8, 4) is 5.75 Å². The van der Waals surface area contributed by atoms with Gasteiger partial charge in [-0.05, 0) is 47.9 Å². The Bertz CT molecular complexity index is 692. The maximum absolute atomic E-state index is 12.1. The van der Waals surface area contributed by atoms with Crippen molar-refractivity contribution in [3.05, 3.63) is 65.7 Å². The third kappa shape index (κ3) is 4.20. The molecule has 0 radical (unpaired) electrons. The van der Waals surface area contributed by atoms with Gasteiger partial charge in [0.05, 0.1) is 13.7 Å². The van der Waals surface area contributed by atoms with Gasteiger partial charge in [0.2, 0.25) is 5.91 Å². The minimum absolute atomic E-state index is 0.0532. The van der Waals surface area contributed by atoms with E-state index in [1.807, 2.05) is 31.2 Å². The molecule has 4 nitrogen and oxygen atoms in total. The van der Waals surface area contributed by atoms with E-state index in [2.05, 4.69) is 5.32 Å². The molecule has 0 aromatic heterocycles. The highest BCUT2D eigenvalue weighted by Gasteiger charge is 2.03. The predicted octanol–water partition coefficient (Wildman–Crippen LogP) is 3.23. The predicted molar refractivity (Wildman–Crippen MR) is 87.6 cm³/mol. The van der Waals surface area contributed by atoms with Gasteiger partial charge in [-0.2, -0.15) is 0 Å². The lowest BCUT2D eigenvalue weighted by molar-refractivity contribution is -0.111. The molecule has 22 heavy (non-hydrogen) atoms. The zero-order chi connectivity index (χ0) is 15.9. The van der Waals surface area contributed by atoms with E-state index in [-0.39, 0.29) is 12.5 Å². The second-order valence-electron chi connectivity index (χ2n) is 4.91. The van der Waals surface area contributed by atoms with E-state index in [1.165, 1.54) is 0 Å². The number of methoxy groups -OCH3 is 1. The van der Waals surface area contributed by atoms with Gasteiger partial charge < -0.3 is 15.2 Å². The Hall–Kier alpha value is -2.59. The van der Waals surface area contributed by atoms with E-state index >= 15 is 0 Å². The summed E-state index contributed by atoms with van der Waals surface area (Å²) < 4.78 is 5.18. The molecule has 4 heteroatoms. The van der Waals surface area contributed by atoms with Crippen LogP contribution in [0.25, 0.3) is 5.57 Å². The summed E-state index contributed by atoms with van der Waals surface area (Å²) >= 11 is 0. The first-order chi connectivity index (χ1) is 10.6. The van der Waals surface area contributed by atoms with Crippen LogP contribution in [-0.2, 0) is 11.4 Å². The minimum atomic E-state index is -0.213. The van der Waals surface area contributed by atoms with Gasteiger partial charge in [-0.15, -0.1) is 0 Å². The smallest absolute Gasteiger partial charge is 0.248 e. The number of carbonyl (C=O) groups excluding carboxylic acids is 1. The molecule has 2 aromatic rings. The van der Waals surface area contributed by atoms with Crippen LogP contribution in [0, 0.1) is 0 Å². The van der Waals surface area contributed by atoms with Gasteiger partial charge in [0.15, 0.2) is 0 Å². The van der Waals surface area contributed by atoms with Gasteiger partial charge in [-0.3, -0.25) is 4.79 Å². The number of anilines is 1. The molecule has 0 aliphatic rings. The lowest BCUT2D eigenvalue weighted by Crippen LogP contribution is -2.08. The molecule has 0 aliphatic heterocycles. The summed E-state index contributed by atoms with van der Waals surface area (Å²) in [7, 11) is 1.61. The van der Waals surface area contributed by atoms with E-state index in [1.54, 1.807) is 37.5 Å². The number of amides is 1. The highest BCUT2D eigenvalue weighted by Crippen LogP contribution is 2.20. The zero-order valence-corrected chi connectivity index (χ0v) is 12.7. The highest BCUT2D eigenvalue weighted by atomic mass is 16.5. The fourth-order valence-corrected chi connectivity index (χ4v) is 2.07. The van der Waals surface area contributed by atoms with E-state index < -0.39 is 0 Å². The second kappa shape index (κ2) is 7.43. The molecule has 2 N–H and O–H groups in total. The Morgan fingerprint density at radius 2 is 2.00 bits per heavy atom. The molecule has 0 saturated carbocycles.